The summed E-state index contributed by atoms with van der Waals surface area (Å²) < 4.78 is 23.7. The molecule has 9 nitrogen and oxygen atoms in total. The normalized spacial score (nSPS) is 10.7. The Kier molecular flexibility index (Phi) is 6.81. The van der Waals surface area contributed by atoms with E-state index in [-0.39, 0.29) is 41.8 Å². The molecule has 1 heterocycles. The van der Waals surface area contributed by atoms with Crippen molar-refractivity contribution in [3.63, 3.8) is 0 Å². The maximum absolute atomic E-state index is 13.5. The average Bonchev–Trinajstić information content (AvgIpc) is 3.22. The van der Waals surface area contributed by atoms with E-state index in [0.29, 0.717) is 18.7 Å². The molecule has 0 aliphatic carbocycles. The minimum atomic E-state index is -0.504. The number of nitro benzene ring substituents is 1. The highest BCUT2D eigenvalue weighted by molar-refractivity contribution is 5.94. The molecule has 0 fully saturated rings. The molecule has 3 aromatic rings. The molecule has 1 amide bonds. The second-order valence-electron chi connectivity index (χ2n) is 6.36. The molecule has 0 bridgehead atoms. The van der Waals surface area contributed by atoms with Gasteiger partial charge in [-0.05, 0) is 18.2 Å². The molecule has 0 aliphatic heterocycles. The van der Waals surface area contributed by atoms with Crippen molar-refractivity contribution in [1.29, 1.82) is 0 Å². The summed E-state index contributed by atoms with van der Waals surface area (Å²) in [4.78, 5) is 28.9. The van der Waals surface area contributed by atoms with Gasteiger partial charge in [-0.3, -0.25) is 14.9 Å². The molecule has 0 spiro atoms. The maximum atomic E-state index is 13.5. The third-order valence-corrected chi connectivity index (χ3v) is 4.30. The zero-order valence-corrected chi connectivity index (χ0v) is 16.2. The predicted octanol–water partition coefficient (Wildman–Crippen LogP) is 3.12. The topological polar surface area (TPSA) is 112 Å². The molecule has 1 aromatic heterocycles. The quantitative estimate of drug-likeness (QED) is 0.391. The number of hydrogen-bond donors (Lipinski definition) is 0. The largest absolute Gasteiger partial charge is 0.383 e. The SMILES string of the molecule is COCCN(CCc1nc(-c2cccc([N+](=O)[O-])c2)no1)C(=O)c1cccc(F)c1. The van der Waals surface area contributed by atoms with Gasteiger partial charge in [0, 0.05) is 49.9 Å². The van der Waals surface area contributed by atoms with Gasteiger partial charge in [0.2, 0.25) is 11.7 Å². The number of carbonyl (C=O) groups excluding carboxylic acids is 1. The summed E-state index contributed by atoms with van der Waals surface area (Å²) >= 11 is 0. The summed E-state index contributed by atoms with van der Waals surface area (Å²) in [6.07, 6.45) is 0.257. The van der Waals surface area contributed by atoms with Crippen LogP contribution in [-0.2, 0) is 11.2 Å². The molecule has 3 rings (SSSR count). The summed E-state index contributed by atoms with van der Waals surface area (Å²) in [7, 11) is 1.52. The summed E-state index contributed by atoms with van der Waals surface area (Å²) in [5.41, 5.74) is 0.602. The number of ether oxygens (including phenoxy) is 1. The molecule has 0 unspecified atom stereocenters. The minimum Gasteiger partial charge on any atom is -0.383 e. The van der Waals surface area contributed by atoms with Crippen LogP contribution in [0.3, 0.4) is 0 Å². The molecule has 0 saturated carbocycles. The van der Waals surface area contributed by atoms with Gasteiger partial charge in [-0.15, -0.1) is 0 Å². The fourth-order valence-electron chi connectivity index (χ4n) is 2.78. The highest BCUT2D eigenvalue weighted by Crippen LogP contribution is 2.21. The van der Waals surface area contributed by atoms with Crippen molar-refractivity contribution in [3.8, 4) is 11.4 Å². The fourth-order valence-corrected chi connectivity index (χ4v) is 2.78. The first-order valence-corrected chi connectivity index (χ1v) is 9.09. The Bertz CT molecular complexity index is 1040. The number of rotatable bonds is 9. The van der Waals surface area contributed by atoms with Crippen molar-refractivity contribution in [2.45, 2.75) is 6.42 Å². The van der Waals surface area contributed by atoms with Crippen molar-refractivity contribution >= 4 is 11.6 Å². The monoisotopic (exact) mass is 414 g/mol. The number of carbonyl (C=O) groups is 1. The Morgan fingerprint density at radius 2 is 2.03 bits per heavy atom. The van der Waals surface area contributed by atoms with E-state index in [2.05, 4.69) is 10.1 Å². The zero-order valence-electron chi connectivity index (χ0n) is 16.2. The number of methoxy groups -OCH3 is 1. The molecule has 0 aliphatic rings. The number of hydrogen-bond acceptors (Lipinski definition) is 7. The first-order chi connectivity index (χ1) is 14.5. The lowest BCUT2D eigenvalue weighted by atomic mass is 10.2. The number of halogens is 1. The van der Waals surface area contributed by atoms with Gasteiger partial charge in [-0.2, -0.15) is 4.98 Å². The second kappa shape index (κ2) is 9.70. The van der Waals surface area contributed by atoms with Crippen molar-refractivity contribution < 1.29 is 23.4 Å². The number of amides is 1. The summed E-state index contributed by atoms with van der Waals surface area (Å²) in [5.74, 6) is -0.351. The standard InChI is InChI=1S/C20H19FN4O5/c1-29-11-10-24(20(26)15-5-2-6-16(21)12-15)9-8-18-22-19(23-30-18)14-4-3-7-17(13-14)25(27)28/h2-7,12-13H,8-11H2,1H3. The van der Waals surface area contributed by atoms with Gasteiger partial charge in [0.25, 0.3) is 11.6 Å². The van der Waals surface area contributed by atoms with Crippen LogP contribution in [0.15, 0.2) is 53.1 Å². The van der Waals surface area contributed by atoms with Gasteiger partial charge in [0.15, 0.2) is 0 Å². The van der Waals surface area contributed by atoms with Crippen LogP contribution in [0.4, 0.5) is 10.1 Å². The Morgan fingerprint density at radius 3 is 2.77 bits per heavy atom. The fraction of sp³-hybridized carbons (Fsp3) is 0.250. The van der Waals surface area contributed by atoms with E-state index >= 15 is 0 Å². The van der Waals surface area contributed by atoms with E-state index in [1.54, 1.807) is 12.1 Å². The van der Waals surface area contributed by atoms with Gasteiger partial charge in [0.05, 0.1) is 11.5 Å². The third-order valence-electron chi connectivity index (χ3n) is 4.30. The van der Waals surface area contributed by atoms with Crippen molar-refractivity contribution in [2.24, 2.45) is 0 Å². The van der Waals surface area contributed by atoms with E-state index in [0.717, 1.165) is 0 Å². The van der Waals surface area contributed by atoms with Crippen LogP contribution in [0, 0.1) is 15.9 Å². The van der Waals surface area contributed by atoms with Crippen molar-refractivity contribution in [1.82, 2.24) is 15.0 Å². The van der Waals surface area contributed by atoms with Crippen LogP contribution in [0.1, 0.15) is 16.2 Å². The summed E-state index contributed by atoms with van der Waals surface area (Å²) in [6.45, 7) is 0.858. The van der Waals surface area contributed by atoms with Crippen LogP contribution in [0.2, 0.25) is 0 Å². The highest BCUT2D eigenvalue weighted by atomic mass is 19.1. The van der Waals surface area contributed by atoms with Gasteiger partial charge in [0.1, 0.15) is 5.82 Å². The Balaban J connectivity index is 1.71. The van der Waals surface area contributed by atoms with E-state index in [1.807, 2.05) is 0 Å². The van der Waals surface area contributed by atoms with Gasteiger partial charge >= 0.3 is 0 Å². The van der Waals surface area contributed by atoms with E-state index in [1.165, 1.54) is 48.4 Å². The Hall–Kier alpha value is -3.66. The highest BCUT2D eigenvalue weighted by Gasteiger charge is 2.18. The molecule has 156 valence electrons. The zero-order chi connectivity index (χ0) is 21.5. The summed E-state index contributed by atoms with van der Waals surface area (Å²) in [6, 6.07) is 11.4. The Morgan fingerprint density at radius 1 is 1.23 bits per heavy atom. The third kappa shape index (κ3) is 5.23. The lowest BCUT2D eigenvalue weighted by Crippen LogP contribution is -2.35. The smallest absolute Gasteiger partial charge is 0.270 e. The number of benzene rings is 2. The lowest BCUT2D eigenvalue weighted by molar-refractivity contribution is -0.384. The molecular weight excluding hydrogens is 395 g/mol. The van der Waals surface area contributed by atoms with Gasteiger partial charge in [-0.25, -0.2) is 4.39 Å². The molecule has 10 heteroatoms. The lowest BCUT2D eigenvalue weighted by Gasteiger charge is -2.21. The number of aromatic nitrogens is 2. The number of nitro groups is 1. The molecule has 0 atom stereocenters. The van der Waals surface area contributed by atoms with Gasteiger partial charge < -0.3 is 14.2 Å². The van der Waals surface area contributed by atoms with Crippen LogP contribution >= 0.6 is 0 Å². The molecule has 30 heavy (non-hydrogen) atoms. The first-order valence-electron chi connectivity index (χ1n) is 9.09. The second-order valence-corrected chi connectivity index (χ2v) is 6.36. The molecule has 2 aromatic carbocycles. The van der Waals surface area contributed by atoms with E-state index in [9.17, 15) is 19.3 Å². The first kappa shape index (κ1) is 21.1. The predicted molar refractivity (Wildman–Crippen MR) is 104 cm³/mol. The van der Waals surface area contributed by atoms with Crippen LogP contribution in [0.5, 0.6) is 0 Å². The number of non-ortho nitro benzene ring substituents is 1. The van der Waals surface area contributed by atoms with Crippen LogP contribution < -0.4 is 0 Å². The van der Waals surface area contributed by atoms with Gasteiger partial charge in [-0.1, -0.05) is 23.4 Å². The van der Waals surface area contributed by atoms with Crippen molar-refractivity contribution in [2.75, 3.05) is 26.8 Å². The molecule has 0 saturated heterocycles. The van der Waals surface area contributed by atoms with Crippen molar-refractivity contribution in [3.05, 3.63) is 75.9 Å². The van der Waals surface area contributed by atoms with Crippen LogP contribution in [-0.4, -0.2) is 52.7 Å². The Labute approximate surface area is 171 Å². The molecule has 0 radical (unpaired) electrons. The van der Waals surface area contributed by atoms with E-state index < -0.39 is 10.7 Å². The van der Waals surface area contributed by atoms with Crippen LogP contribution in [0.25, 0.3) is 11.4 Å². The number of nitrogens with zero attached hydrogens (tertiary/aromatic N) is 4. The van der Waals surface area contributed by atoms with E-state index in [4.69, 9.17) is 9.26 Å². The minimum absolute atomic E-state index is 0.0784. The average molecular weight is 414 g/mol. The molecule has 0 N–H and O–H groups in total. The molecular formula is C20H19FN4O5. The maximum Gasteiger partial charge on any atom is 0.270 e. The summed E-state index contributed by atoms with van der Waals surface area (Å²) in [5, 5.41) is 14.8.